The quantitative estimate of drug-likeness (QED) is 0.515. The molecule has 0 saturated heterocycles. The Hall–Kier alpha value is 0.110. The van der Waals surface area contributed by atoms with Crippen molar-refractivity contribution in [1.82, 2.24) is 0 Å². The minimum atomic E-state index is -3.31. The van der Waals surface area contributed by atoms with Gasteiger partial charge in [-0.05, 0) is 12.3 Å². The monoisotopic (exact) mass is 210 g/mol. The normalized spacial score (nSPS) is 16.1. The van der Waals surface area contributed by atoms with E-state index in [0.29, 0.717) is 19.1 Å². The van der Waals surface area contributed by atoms with E-state index in [2.05, 4.69) is 18.4 Å². The Balaban J connectivity index is 3.14. The second-order valence-corrected chi connectivity index (χ2v) is 5.30. The van der Waals surface area contributed by atoms with Crippen LogP contribution in [0.1, 0.15) is 20.3 Å². The average molecular weight is 210 g/mol. The van der Waals surface area contributed by atoms with Gasteiger partial charge in [-0.15, -0.1) is 0 Å². The third kappa shape index (κ3) is 12.1. The van der Waals surface area contributed by atoms with Crippen molar-refractivity contribution in [3.8, 4) is 0 Å². The molecule has 0 spiro atoms. The van der Waals surface area contributed by atoms with E-state index in [4.69, 9.17) is 9.63 Å². The van der Waals surface area contributed by atoms with Crippen LogP contribution in [-0.4, -0.2) is 31.4 Å². The van der Waals surface area contributed by atoms with E-state index in [-0.39, 0.29) is 6.61 Å². The van der Waals surface area contributed by atoms with Crippen molar-refractivity contribution in [2.24, 2.45) is 5.92 Å². The van der Waals surface area contributed by atoms with Crippen LogP contribution in [-0.2, 0) is 13.8 Å². The van der Waals surface area contributed by atoms with Crippen LogP contribution in [0.2, 0.25) is 0 Å². The third-order valence-electron chi connectivity index (χ3n) is 1.40. The Bertz CT molecular complexity index is 164. The largest absolute Gasteiger partial charge is 0.379 e. The molecule has 0 rings (SSSR count). The summed E-state index contributed by atoms with van der Waals surface area (Å²) >= 11 is 0. The van der Waals surface area contributed by atoms with Crippen molar-refractivity contribution in [2.45, 2.75) is 20.3 Å². The smallest absolute Gasteiger partial charge is 0.325 e. The minimum Gasteiger partial charge on any atom is -0.379 e. The first-order chi connectivity index (χ1) is 5.92. The maximum Gasteiger partial charge on any atom is 0.325 e. The molecule has 0 aliphatic heterocycles. The second kappa shape index (κ2) is 6.55. The van der Waals surface area contributed by atoms with E-state index in [0.717, 1.165) is 6.42 Å². The maximum atomic E-state index is 10.6. The molecule has 13 heavy (non-hydrogen) atoms. The van der Waals surface area contributed by atoms with Crippen molar-refractivity contribution in [3.63, 3.8) is 0 Å². The lowest BCUT2D eigenvalue weighted by Gasteiger charge is -2.08. The lowest BCUT2D eigenvalue weighted by atomic mass is 10.1. The molecule has 0 bridgehead atoms. The summed E-state index contributed by atoms with van der Waals surface area (Å²) in [5.74, 6) is 0.621. The van der Waals surface area contributed by atoms with Crippen LogP contribution in [0.3, 0.4) is 0 Å². The van der Waals surface area contributed by atoms with Gasteiger partial charge >= 0.3 is 7.60 Å². The van der Waals surface area contributed by atoms with Crippen molar-refractivity contribution in [2.75, 3.05) is 26.5 Å². The fourth-order valence-corrected chi connectivity index (χ4v) is 1.10. The van der Waals surface area contributed by atoms with E-state index in [1.54, 1.807) is 0 Å². The highest BCUT2D eigenvalue weighted by molar-refractivity contribution is 7.51. The van der Waals surface area contributed by atoms with Gasteiger partial charge in [0.15, 0.2) is 0 Å². The second-order valence-electron chi connectivity index (χ2n) is 3.43. The molecule has 0 aromatic rings. The van der Waals surface area contributed by atoms with Gasteiger partial charge in [-0.3, -0.25) is 4.57 Å². The van der Waals surface area contributed by atoms with E-state index in [9.17, 15) is 4.57 Å². The molecule has 0 radical (unpaired) electrons. The standard InChI is InChI=1S/C8H19O4P/c1-8(2)4-5-11-6-7-12-13(3,9)10/h8H,4-7H2,1-3H3,(H,9,10). The summed E-state index contributed by atoms with van der Waals surface area (Å²) in [6.07, 6.45) is 1.00. The highest BCUT2D eigenvalue weighted by Gasteiger charge is 2.08. The molecular formula is C8H19O4P. The van der Waals surface area contributed by atoms with Crippen molar-refractivity contribution < 1.29 is 18.7 Å². The van der Waals surface area contributed by atoms with Crippen LogP contribution in [0.4, 0.5) is 0 Å². The number of ether oxygens (including phenoxy) is 1. The molecule has 0 aliphatic carbocycles. The number of rotatable bonds is 7. The molecule has 4 nitrogen and oxygen atoms in total. The fourth-order valence-electron chi connectivity index (χ4n) is 0.687. The van der Waals surface area contributed by atoms with Crippen molar-refractivity contribution >= 4 is 7.60 Å². The molecule has 0 fully saturated rings. The maximum absolute atomic E-state index is 10.6. The Labute approximate surface area is 79.8 Å². The summed E-state index contributed by atoms with van der Waals surface area (Å²) in [5.41, 5.74) is 0. The molecule has 0 amide bonds. The summed E-state index contributed by atoms with van der Waals surface area (Å²) in [4.78, 5) is 8.74. The molecular weight excluding hydrogens is 191 g/mol. The Kier molecular flexibility index (Phi) is 6.60. The molecule has 0 aromatic carbocycles. The van der Waals surface area contributed by atoms with Crippen LogP contribution >= 0.6 is 7.60 Å². The van der Waals surface area contributed by atoms with Crippen LogP contribution in [0.15, 0.2) is 0 Å². The Morgan fingerprint density at radius 2 is 1.92 bits per heavy atom. The van der Waals surface area contributed by atoms with Crippen molar-refractivity contribution in [3.05, 3.63) is 0 Å². The van der Waals surface area contributed by atoms with Gasteiger partial charge in [-0.1, -0.05) is 13.8 Å². The van der Waals surface area contributed by atoms with Gasteiger partial charge in [0.05, 0.1) is 13.2 Å². The van der Waals surface area contributed by atoms with E-state index in [1.807, 2.05) is 0 Å². The highest BCUT2D eigenvalue weighted by Crippen LogP contribution is 2.35. The first kappa shape index (κ1) is 13.1. The molecule has 1 atom stereocenters. The zero-order chi connectivity index (χ0) is 10.3. The molecule has 5 heteroatoms. The van der Waals surface area contributed by atoms with Crippen LogP contribution in [0.25, 0.3) is 0 Å². The van der Waals surface area contributed by atoms with Crippen LogP contribution in [0, 0.1) is 5.92 Å². The zero-order valence-corrected chi connectivity index (χ0v) is 9.42. The fraction of sp³-hybridized carbons (Fsp3) is 1.00. The predicted molar refractivity (Wildman–Crippen MR) is 52.0 cm³/mol. The molecule has 0 heterocycles. The summed E-state index contributed by atoms with van der Waals surface area (Å²) in [6.45, 7) is 6.65. The summed E-state index contributed by atoms with van der Waals surface area (Å²) < 4.78 is 20.4. The topological polar surface area (TPSA) is 55.8 Å². The molecule has 1 N–H and O–H groups in total. The highest BCUT2D eigenvalue weighted by atomic mass is 31.2. The SMILES string of the molecule is CC(C)CCOCCOP(C)(=O)O. The first-order valence-corrected chi connectivity index (χ1v) is 6.47. The predicted octanol–water partition coefficient (Wildman–Crippen LogP) is 1.88. The van der Waals surface area contributed by atoms with Gasteiger partial charge in [0, 0.05) is 13.3 Å². The molecule has 0 saturated carbocycles. The van der Waals surface area contributed by atoms with Crippen molar-refractivity contribution in [1.29, 1.82) is 0 Å². The van der Waals surface area contributed by atoms with E-state index >= 15 is 0 Å². The lowest BCUT2D eigenvalue weighted by Crippen LogP contribution is -2.05. The van der Waals surface area contributed by atoms with Crippen LogP contribution in [0.5, 0.6) is 0 Å². The Morgan fingerprint density at radius 3 is 2.38 bits per heavy atom. The average Bonchev–Trinajstić information content (AvgIpc) is 1.93. The minimum absolute atomic E-state index is 0.183. The Morgan fingerprint density at radius 1 is 1.31 bits per heavy atom. The zero-order valence-electron chi connectivity index (χ0n) is 8.52. The van der Waals surface area contributed by atoms with Crippen LogP contribution < -0.4 is 0 Å². The van der Waals surface area contributed by atoms with Gasteiger partial charge in [0.2, 0.25) is 0 Å². The van der Waals surface area contributed by atoms with Gasteiger partial charge in [-0.25, -0.2) is 0 Å². The first-order valence-electron chi connectivity index (χ1n) is 4.44. The number of hydrogen-bond acceptors (Lipinski definition) is 3. The molecule has 80 valence electrons. The molecule has 1 unspecified atom stereocenters. The van der Waals surface area contributed by atoms with E-state index < -0.39 is 7.60 Å². The van der Waals surface area contributed by atoms with Gasteiger partial charge in [0.1, 0.15) is 0 Å². The summed E-state index contributed by atoms with van der Waals surface area (Å²) in [6, 6.07) is 0. The summed E-state index contributed by atoms with van der Waals surface area (Å²) in [5, 5.41) is 0. The molecule has 0 aliphatic rings. The molecule has 0 aromatic heterocycles. The summed E-state index contributed by atoms with van der Waals surface area (Å²) in [7, 11) is -3.31. The lowest BCUT2D eigenvalue weighted by molar-refractivity contribution is 0.0889. The van der Waals surface area contributed by atoms with Gasteiger partial charge in [0.25, 0.3) is 0 Å². The van der Waals surface area contributed by atoms with Gasteiger partial charge in [-0.2, -0.15) is 0 Å². The van der Waals surface area contributed by atoms with Gasteiger partial charge < -0.3 is 14.2 Å². The number of hydrogen-bond donors (Lipinski definition) is 1. The third-order valence-corrected chi connectivity index (χ3v) is 2.06. The van der Waals surface area contributed by atoms with E-state index in [1.165, 1.54) is 6.66 Å².